The molecule has 98 valence electrons. The van der Waals surface area contributed by atoms with E-state index in [1.165, 1.54) is 5.56 Å². The molecule has 0 unspecified atom stereocenters. The van der Waals surface area contributed by atoms with Crippen LogP contribution in [0.25, 0.3) is 0 Å². The second-order valence-corrected chi connectivity index (χ2v) is 5.76. The standard InChI is InChI=1S/C15H22N2O/c1-11(2)12-6-5-7-13(10-12)17-9-8-16-15(3,4)14(17)18/h5-7,10-11,16H,8-9H2,1-4H3. The highest BCUT2D eigenvalue weighted by atomic mass is 16.2. The average molecular weight is 246 g/mol. The monoisotopic (exact) mass is 246 g/mol. The van der Waals surface area contributed by atoms with Crippen LogP contribution in [0.1, 0.15) is 39.2 Å². The third kappa shape index (κ3) is 2.41. The molecule has 1 heterocycles. The first kappa shape index (κ1) is 13.1. The Bertz CT molecular complexity index is 452. The minimum absolute atomic E-state index is 0.148. The molecule has 1 aliphatic rings. The van der Waals surface area contributed by atoms with Crippen LogP contribution in [0.3, 0.4) is 0 Å². The van der Waals surface area contributed by atoms with Gasteiger partial charge in [-0.15, -0.1) is 0 Å². The van der Waals surface area contributed by atoms with Gasteiger partial charge in [0.1, 0.15) is 0 Å². The number of hydrogen-bond acceptors (Lipinski definition) is 2. The molecule has 0 atom stereocenters. The Morgan fingerprint density at radius 2 is 2.06 bits per heavy atom. The fourth-order valence-corrected chi connectivity index (χ4v) is 2.29. The van der Waals surface area contributed by atoms with Gasteiger partial charge in [-0.2, -0.15) is 0 Å². The minimum atomic E-state index is -0.466. The van der Waals surface area contributed by atoms with Crippen LogP contribution in [0, 0.1) is 0 Å². The highest BCUT2D eigenvalue weighted by molar-refractivity contribution is 6.00. The van der Waals surface area contributed by atoms with Crippen LogP contribution in [-0.4, -0.2) is 24.5 Å². The average Bonchev–Trinajstić information content (AvgIpc) is 2.33. The van der Waals surface area contributed by atoms with Gasteiger partial charge in [-0.05, 0) is 37.5 Å². The lowest BCUT2D eigenvalue weighted by Gasteiger charge is -2.38. The van der Waals surface area contributed by atoms with E-state index in [1.807, 2.05) is 30.9 Å². The summed E-state index contributed by atoms with van der Waals surface area (Å²) in [4.78, 5) is 14.3. The van der Waals surface area contributed by atoms with E-state index in [0.29, 0.717) is 5.92 Å². The number of rotatable bonds is 2. The van der Waals surface area contributed by atoms with Gasteiger partial charge in [0.15, 0.2) is 0 Å². The first-order valence-corrected chi connectivity index (χ1v) is 6.59. The van der Waals surface area contributed by atoms with Crippen LogP contribution >= 0.6 is 0 Å². The number of amides is 1. The maximum atomic E-state index is 12.4. The quantitative estimate of drug-likeness (QED) is 0.869. The first-order chi connectivity index (χ1) is 8.42. The molecule has 0 saturated carbocycles. The maximum Gasteiger partial charge on any atom is 0.246 e. The van der Waals surface area contributed by atoms with E-state index in [-0.39, 0.29) is 5.91 Å². The number of nitrogens with one attached hydrogen (secondary N) is 1. The second kappa shape index (κ2) is 4.73. The van der Waals surface area contributed by atoms with E-state index in [1.54, 1.807) is 0 Å². The Hall–Kier alpha value is -1.35. The maximum absolute atomic E-state index is 12.4. The Morgan fingerprint density at radius 1 is 1.33 bits per heavy atom. The van der Waals surface area contributed by atoms with E-state index < -0.39 is 5.54 Å². The number of anilines is 1. The Kier molecular flexibility index (Phi) is 3.44. The predicted molar refractivity (Wildman–Crippen MR) is 75.0 cm³/mol. The van der Waals surface area contributed by atoms with Gasteiger partial charge in [0.2, 0.25) is 5.91 Å². The molecule has 0 bridgehead atoms. The summed E-state index contributed by atoms with van der Waals surface area (Å²) in [5, 5.41) is 3.25. The van der Waals surface area contributed by atoms with Crippen LogP contribution in [0.5, 0.6) is 0 Å². The zero-order valence-electron chi connectivity index (χ0n) is 11.7. The van der Waals surface area contributed by atoms with E-state index in [2.05, 4.69) is 31.3 Å². The molecule has 0 aliphatic carbocycles. The first-order valence-electron chi connectivity index (χ1n) is 6.59. The summed E-state index contributed by atoms with van der Waals surface area (Å²) in [6.07, 6.45) is 0. The van der Waals surface area contributed by atoms with Crippen molar-refractivity contribution in [3.8, 4) is 0 Å². The molecule has 3 nitrogen and oxygen atoms in total. The zero-order valence-corrected chi connectivity index (χ0v) is 11.7. The van der Waals surface area contributed by atoms with E-state index >= 15 is 0 Å². The molecular formula is C15H22N2O. The van der Waals surface area contributed by atoms with Crippen molar-refractivity contribution in [2.24, 2.45) is 0 Å². The normalized spacial score (nSPS) is 19.4. The molecule has 2 rings (SSSR count). The van der Waals surface area contributed by atoms with Crippen molar-refractivity contribution < 1.29 is 4.79 Å². The van der Waals surface area contributed by atoms with Gasteiger partial charge in [-0.1, -0.05) is 26.0 Å². The molecule has 1 amide bonds. The van der Waals surface area contributed by atoms with Crippen molar-refractivity contribution >= 4 is 11.6 Å². The fraction of sp³-hybridized carbons (Fsp3) is 0.533. The third-order valence-corrected chi connectivity index (χ3v) is 3.53. The SMILES string of the molecule is CC(C)c1cccc(N2CCNC(C)(C)C2=O)c1. The van der Waals surface area contributed by atoms with Gasteiger partial charge in [0.25, 0.3) is 0 Å². The summed E-state index contributed by atoms with van der Waals surface area (Å²) in [7, 11) is 0. The van der Waals surface area contributed by atoms with Crippen LogP contribution in [-0.2, 0) is 4.79 Å². The van der Waals surface area contributed by atoms with Crippen LogP contribution < -0.4 is 10.2 Å². The molecule has 1 fully saturated rings. The summed E-state index contributed by atoms with van der Waals surface area (Å²) in [6.45, 7) is 9.79. The largest absolute Gasteiger partial charge is 0.310 e. The number of benzene rings is 1. The Morgan fingerprint density at radius 3 is 2.72 bits per heavy atom. The van der Waals surface area contributed by atoms with Crippen molar-refractivity contribution in [3.63, 3.8) is 0 Å². The lowest BCUT2D eigenvalue weighted by atomic mass is 9.98. The highest BCUT2D eigenvalue weighted by Gasteiger charge is 2.35. The summed E-state index contributed by atoms with van der Waals surface area (Å²) in [6, 6.07) is 8.30. The van der Waals surface area contributed by atoms with Crippen LogP contribution in [0.4, 0.5) is 5.69 Å². The zero-order chi connectivity index (χ0) is 13.3. The number of hydrogen-bond donors (Lipinski definition) is 1. The Balaban J connectivity index is 2.31. The van der Waals surface area contributed by atoms with E-state index in [9.17, 15) is 4.79 Å². The van der Waals surface area contributed by atoms with Crippen molar-refractivity contribution in [2.75, 3.05) is 18.0 Å². The van der Waals surface area contributed by atoms with E-state index in [0.717, 1.165) is 18.8 Å². The molecule has 0 spiro atoms. The van der Waals surface area contributed by atoms with Gasteiger partial charge in [-0.25, -0.2) is 0 Å². The molecular weight excluding hydrogens is 224 g/mol. The molecule has 1 aromatic rings. The number of nitrogens with zero attached hydrogens (tertiary/aromatic N) is 1. The summed E-state index contributed by atoms with van der Waals surface area (Å²) in [5.74, 6) is 0.630. The lowest BCUT2D eigenvalue weighted by Crippen LogP contribution is -2.61. The molecule has 0 radical (unpaired) electrons. The molecule has 1 aromatic carbocycles. The van der Waals surface area contributed by atoms with Crippen LogP contribution in [0.15, 0.2) is 24.3 Å². The molecule has 18 heavy (non-hydrogen) atoms. The topological polar surface area (TPSA) is 32.3 Å². The molecule has 1 N–H and O–H groups in total. The van der Waals surface area contributed by atoms with Crippen molar-refractivity contribution in [2.45, 2.75) is 39.2 Å². The number of piperazine rings is 1. The van der Waals surface area contributed by atoms with Gasteiger partial charge in [0, 0.05) is 18.8 Å². The summed E-state index contributed by atoms with van der Waals surface area (Å²) < 4.78 is 0. The van der Waals surface area contributed by atoms with Gasteiger partial charge < -0.3 is 10.2 Å². The van der Waals surface area contributed by atoms with Crippen LogP contribution in [0.2, 0.25) is 0 Å². The highest BCUT2D eigenvalue weighted by Crippen LogP contribution is 2.25. The number of carbonyl (C=O) groups excluding carboxylic acids is 1. The van der Waals surface area contributed by atoms with E-state index in [4.69, 9.17) is 0 Å². The van der Waals surface area contributed by atoms with Crippen molar-refractivity contribution in [1.82, 2.24) is 5.32 Å². The molecule has 1 saturated heterocycles. The van der Waals surface area contributed by atoms with Gasteiger partial charge in [-0.3, -0.25) is 4.79 Å². The lowest BCUT2D eigenvalue weighted by molar-refractivity contribution is -0.124. The molecule has 0 aromatic heterocycles. The van der Waals surface area contributed by atoms with Gasteiger partial charge in [0.05, 0.1) is 5.54 Å². The van der Waals surface area contributed by atoms with Gasteiger partial charge >= 0.3 is 0 Å². The summed E-state index contributed by atoms with van der Waals surface area (Å²) in [5.41, 5.74) is 1.82. The van der Waals surface area contributed by atoms with Crippen molar-refractivity contribution in [1.29, 1.82) is 0 Å². The third-order valence-electron chi connectivity index (χ3n) is 3.53. The minimum Gasteiger partial charge on any atom is -0.310 e. The summed E-state index contributed by atoms with van der Waals surface area (Å²) >= 11 is 0. The molecule has 1 aliphatic heterocycles. The number of carbonyl (C=O) groups is 1. The fourth-order valence-electron chi connectivity index (χ4n) is 2.29. The molecule has 3 heteroatoms. The predicted octanol–water partition coefficient (Wildman–Crippen LogP) is 2.52. The second-order valence-electron chi connectivity index (χ2n) is 5.76. The smallest absolute Gasteiger partial charge is 0.246 e. The van der Waals surface area contributed by atoms with Crippen molar-refractivity contribution in [3.05, 3.63) is 29.8 Å². The Labute approximate surface area is 109 Å².